The molecule has 0 N–H and O–H groups in total. The number of nitrogens with zero attached hydrogens (tertiary/aromatic N) is 2. The smallest absolute Gasteiger partial charge is 0.223 e. The number of piperazine rings is 1. The minimum Gasteiger partial charge on any atom is -0.496 e. The molecular weight excluding hydrogens is 292 g/mol. The molecule has 23 heavy (non-hydrogen) atoms. The van der Waals surface area contributed by atoms with Crippen LogP contribution in [0.5, 0.6) is 5.75 Å². The zero-order valence-electron chi connectivity index (χ0n) is 13.9. The average molecular weight is 318 g/mol. The molecule has 1 aromatic carbocycles. The maximum Gasteiger partial charge on any atom is 0.223 e. The third kappa shape index (κ3) is 4.24. The van der Waals surface area contributed by atoms with E-state index in [0.717, 1.165) is 58.1 Å². The first kappa shape index (κ1) is 16.3. The van der Waals surface area contributed by atoms with Crippen molar-refractivity contribution >= 4 is 5.91 Å². The Balaban J connectivity index is 1.47. The van der Waals surface area contributed by atoms with Crippen molar-refractivity contribution in [3.8, 4) is 5.75 Å². The van der Waals surface area contributed by atoms with Gasteiger partial charge in [-0.3, -0.25) is 9.69 Å². The maximum atomic E-state index is 12.4. The van der Waals surface area contributed by atoms with Crippen LogP contribution >= 0.6 is 0 Å². The predicted molar refractivity (Wildman–Crippen MR) is 88.4 cm³/mol. The van der Waals surface area contributed by atoms with Crippen LogP contribution in [0.15, 0.2) is 24.3 Å². The van der Waals surface area contributed by atoms with Gasteiger partial charge in [-0.05, 0) is 18.4 Å². The first-order chi connectivity index (χ1) is 11.3. The first-order valence-corrected chi connectivity index (χ1v) is 8.46. The van der Waals surface area contributed by atoms with E-state index in [1.807, 2.05) is 23.1 Å². The summed E-state index contributed by atoms with van der Waals surface area (Å²) in [5, 5.41) is 0. The van der Waals surface area contributed by atoms with Crippen LogP contribution in [0.25, 0.3) is 0 Å². The molecule has 0 radical (unpaired) electrons. The van der Waals surface area contributed by atoms with Crippen molar-refractivity contribution in [2.45, 2.75) is 19.4 Å². The lowest BCUT2D eigenvalue weighted by Gasteiger charge is -2.35. The minimum atomic E-state index is 0.289. The Bertz CT molecular complexity index is 521. The molecule has 1 atom stereocenters. The Labute approximate surface area is 138 Å². The summed E-state index contributed by atoms with van der Waals surface area (Å²) in [6.07, 6.45) is 1.67. The normalized spacial score (nSPS) is 22.3. The van der Waals surface area contributed by atoms with Gasteiger partial charge < -0.3 is 14.4 Å². The van der Waals surface area contributed by atoms with Crippen molar-refractivity contribution in [2.24, 2.45) is 5.92 Å². The minimum absolute atomic E-state index is 0.289. The van der Waals surface area contributed by atoms with Crippen LogP contribution in [-0.4, -0.2) is 62.2 Å². The Hall–Kier alpha value is -1.59. The summed E-state index contributed by atoms with van der Waals surface area (Å²) in [6.45, 7) is 5.92. The van der Waals surface area contributed by atoms with Crippen LogP contribution in [0.3, 0.4) is 0 Å². The van der Waals surface area contributed by atoms with Crippen molar-refractivity contribution in [3.63, 3.8) is 0 Å². The number of carbonyl (C=O) groups is 1. The van der Waals surface area contributed by atoms with Crippen LogP contribution in [0.1, 0.15) is 18.4 Å². The fraction of sp³-hybridized carbons (Fsp3) is 0.611. The van der Waals surface area contributed by atoms with Gasteiger partial charge in [-0.1, -0.05) is 18.2 Å². The molecule has 0 aliphatic carbocycles. The fourth-order valence-corrected chi connectivity index (χ4v) is 3.35. The largest absolute Gasteiger partial charge is 0.496 e. The van der Waals surface area contributed by atoms with E-state index in [4.69, 9.17) is 9.47 Å². The molecule has 1 amide bonds. The number of methoxy groups -OCH3 is 1. The molecule has 2 saturated heterocycles. The molecule has 0 unspecified atom stereocenters. The molecule has 1 aromatic rings. The topological polar surface area (TPSA) is 42.0 Å². The van der Waals surface area contributed by atoms with Crippen LogP contribution in [0.2, 0.25) is 0 Å². The van der Waals surface area contributed by atoms with E-state index in [0.29, 0.717) is 12.3 Å². The number of para-hydroxylation sites is 1. The molecule has 0 spiro atoms. The molecule has 5 heteroatoms. The lowest BCUT2D eigenvalue weighted by molar-refractivity contribution is -0.134. The molecule has 2 fully saturated rings. The summed E-state index contributed by atoms with van der Waals surface area (Å²) < 4.78 is 10.8. The molecule has 126 valence electrons. The van der Waals surface area contributed by atoms with Gasteiger partial charge in [-0.25, -0.2) is 0 Å². The monoisotopic (exact) mass is 318 g/mol. The first-order valence-electron chi connectivity index (χ1n) is 8.46. The number of amides is 1. The molecule has 2 aliphatic heterocycles. The van der Waals surface area contributed by atoms with Gasteiger partial charge in [0.25, 0.3) is 0 Å². The van der Waals surface area contributed by atoms with E-state index in [2.05, 4.69) is 11.0 Å². The van der Waals surface area contributed by atoms with Gasteiger partial charge in [0.1, 0.15) is 5.75 Å². The molecule has 3 rings (SSSR count). The third-order valence-corrected chi connectivity index (χ3v) is 4.80. The Morgan fingerprint density at radius 3 is 2.74 bits per heavy atom. The van der Waals surface area contributed by atoms with Gasteiger partial charge in [0.15, 0.2) is 0 Å². The number of hydrogen-bond acceptors (Lipinski definition) is 4. The molecule has 0 aromatic heterocycles. The van der Waals surface area contributed by atoms with E-state index < -0.39 is 0 Å². The van der Waals surface area contributed by atoms with Crippen molar-refractivity contribution in [3.05, 3.63) is 29.8 Å². The summed E-state index contributed by atoms with van der Waals surface area (Å²) >= 11 is 0. The van der Waals surface area contributed by atoms with E-state index in [1.165, 1.54) is 5.56 Å². The molecule has 0 bridgehead atoms. The highest BCUT2D eigenvalue weighted by Crippen LogP contribution is 2.21. The summed E-state index contributed by atoms with van der Waals surface area (Å²) in [5.41, 5.74) is 1.21. The van der Waals surface area contributed by atoms with Crippen LogP contribution < -0.4 is 4.74 Å². The summed E-state index contributed by atoms with van der Waals surface area (Å²) in [5.74, 6) is 1.65. The summed E-state index contributed by atoms with van der Waals surface area (Å²) in [6, 6.07) is 8.14. The molecular formula is C18H26N2O3. The number of carbonyl (C=O) groups excluding carboxylic acids is 1. The van der Waals surface area contributed by atoms with Crippen molar-refractivity contribution < 1.29 is 14.3 Å². The quantitative estimate of drug-likeness (QED) is 0.830. The number of ether oxygens (including phenoxy) is 2. The lowest BCUT2D eigenvalue weighted by atomic mass is 10.0. The van der Waals surface area contributed by atoms with Gasteiger partial charge in [0.05, 0.1) is 7.11 Å². The average Bonchev–Trinajstić information content (AvgIpc) is 3.09. The number of benzene rings is 1. The number of hydrogen-bond donors (Lipinski definition) is 0. The third-order valence-electron chi connectivity index (χ3n) is 4.80. The Morgan fingerprint density at radius 2 is 2.04 bits per heavy atom. The van der Waals surface area contributed by atoms with Crippen molar-refractivity contribution in [1.82, 2.24) is 9.80 Å². The SMILES string of the molecule is COc1ccccc1CN1CCN(C(=O)C[C@H]2CCOC2)CC1. The Kier molecular flexibility index (Phi) is 5.51. The van der Waals surface area contributed by atoms with E-state index in [9.17, 15) is 4.79 Å². The van der Waals surface area contributed by atoms with Gasteiger partial charge >= 0.3 is 0 Å². The lowest BCUT2D eigenvalue weighted by Crippen LogP contribution is -2.48. The molecule has 0 saturated carbocycles. The predicted octanol–water partition coefficient (Wildman–Crippen LogP) is 1.77. The fourth-order valence-electron chi connectivity index (χ4n) is 3.35. The van der Waals surface area contributed by atoms with Crippen molar-refractivity contribution in [2.75, 3.05) is 46.5 Å². The standard InChI is InChI=1S/C18H26N2O3/c1-22-17-5-3-2-4-16(17)13-19-7-9-20(10-8-19)18(21)12-15-6-11-23-14-15/h2-5,15H,6-14H2,1H3/t15-/m1/s1. The van der Waals surface area contributed by atoms with E-state index >= 15 is 0 Å². The second kappa shape index (κ2) is 7.79. The van der Waals surface area contributed by atoms with E-state index in [-0.39, 0.29) is 5.91 Å². The highest BCUT2D eigenvalue weighted by Gasteiger charge is 2.25. The second-order valence-corrected chi connectivity index (χ2v) is 6.40. The van der Waals surface area contributed by atoms with Crippen LogP contribution in [0, 0.1) is 5.92 Å². The van der Waals surface area contributed by atoms with Crippen molar-refractivity contribution in [1.29, 1.82) is 0 Å². The zero-order chi connectivity index (χ0) is 16.1. The van der Waals surface area contributed by atoms with Crippen LogP contribution in [-0.2, 0) is 16.1 Å². The van der Waals surface area contributed by atoms with Crippen LogP contribution in [0.4, 0.5) is 0 Å². The maximum absolute atomic E-state index is 12.4. The second-order valence-electron chi connectivity index (χ2n) is 6.40. The molecule has 2 aliphatic rings. The van der Waals surface area contributed by atoms with Gasteiger partial charge in [-0.15, -0.1) is 0 Å². The summed E-state index contributed by atoms with van der Waals surface area (Å²) in [7, 11) is 1.71. The molecule has 5 nitrogen and oxygen atoms in total. The van der Waals surface area contributed by atoms with Gasteiger partial charge in [-0.2, -0.15) is 0 Å². The Morgan fingerprint density at radius 1 is 1.26 bits per heavy atom. The highest BCUT2D eigenvalue weighted by atomic mass is 16.5. The van der Waals surface area contributed by atoms with Gasteiger partial charge in [0, 0.05) is 57.9 Å². The molecule has 2 heterocycles. The number of rotatable bonds is 5. The summed E-state index contributed by atoms with van der Waals surface area (Å²) in [4.78, 5) is 16.8. The highest BCUT2D eigenvalue weighted by molar-refractivity contribution is 5.76. The zero-order valence-corrected chi connectivity index (χ0v) is 13.9. The van der Waals surface area contributed by atoms with E-state index in [1.54, 1.807) is 7.11 Å². The van der Waals surface area contributed by atoms with Gasteiger partial charge in [0.2, 0.25) is 5.91 Å².